The van der Waals surface area contributed by atoms with Gasteiger partial charge in [0.25, 0.3) is 5.95 Å². The summed E-state index contributed by atoms with van der Waals surface area (Å²) >= 11 is 0.927. The van der Waals surface area contributed by atoms with Gasteiger partial charge in [-0.3, -0.25) is 9.52 Å². The topological polar surface area (TPSA) is 145 Å². The van der Waals surface area contributed by atoms with Gasteiger partial charge in [0, 0.05) is 22.6 Å². The molecule has 0 atom stereocenters. The minimum absolute atomic E-state index is 0.0664. The molecule has 3 aromatic heterocycles. The lowest BCUT2D eigenvalue weighted by molar-refractivity contribution is -0.115. The second kappa shape index (κ2) is 7.83. The van der Waals surface area contributed by atoms with Crippen molar-refractivity contribution in [2.45, 2.75) is 34.1 Å². The van der Waals surface area contributed by atoms with Crippen molar-refractivity contribution in [3.8, 4) is 5.95 Å². The van der Waals surface area contributed by atoms with E-state index in [9.17, 15) is 13.2 Å². The third-order valence-corrected chi connectivity index (χ3v) is 5.33. The standard InChI is InChI=1S/C16H20N8O3S2/c1-8-6-9(2)18-14(17-8)24-11(4)12(10(3)22-24)7-13(25)19-15-20-21-16(28-15)23-29(5,26)27/h6H,7H2,1-5H3,(H,21,23)(H,19,20,25). The van der Waals surface area contributed by atoms with Crippen LogP contribution in [-0.4, -0.2) is 50.5 Å². The molecule has 0 aliphatic heterocycles. The molecule has 0 spiro atoms. The smallest absolute Gasteiger partial charge is 0.251 e. The lowest BCUT2D eigenvalue weighted by atomic mass is 10.1. The van der Waals surface area contributed by atoms with Crippen molar-refractivity contribution in [2.24, 2.45) is 0 Å². The van der Waals surface area contributed by atoms with Crippen molar-refractivity contribution < 1.29 is 13.2 Å². The Morgan fingerprint density at radius 1 is 1.10 bits per heavy atom. The van der Waals surface area contributed by atoms with Crippen LogP contribution < -0.4 is 10.0 Å². The number of carbonyl (C=O) groups is 1. The molecular formula is C16H20N8O3S2. The number of anilines is 2. The molecule has 3 rings (SSSR count). The minimum atomic E-state index is -3.46. The van der Waals surface area contributed by atoms with E-state index in [0.717, 1.165) is 40.2 Å². The molecule has 0 saturated carbocycles. The van der Waals surface area contributed by atoms with Gasteiger partial charge in [0.2, 0.25) is 26.2 Å². The lowest BCUT2D eigenvalue weighted by Crippen LogP contribution is -2.15. The highest BCUT2D eigenvalue weighted by Gasteiger charge is 2.19. The molecule has 0 aliphatic rings. The minimum Gasteiger partial charge on any atom is -0.300 e. The zero-order valence-corrected chi connectivity index (χ0v) is 18.1. The molecule has 13 heteroatoms. The molecule has 0 unspecified atom stereocenters. The van der Waals surface area contributed by atoms with Crippen LogP contribution in [-0.2, 0) is 21.2 Å². The number of nitrogens with zero attached hydrogens (tertiary/aromatic N) is 6. The molecule has 0 bridgehead atoms. The van der Waals surface area contributed by atoms with Gasteiger partial charge in [-0.25, -0.2) is 23.1 Å². The van der Waals surface area contributed by atoms with E-state index in [1.165, 1.54) is 0 Å². The summed E-state index contributed by atoms with van der Waals surface area (Å²) in [6.45, 7) is 7.43. The van der Waals surface area contributed by atoms with Crippen LogP contribution in [0.3, 0.4) is 0 Å². The average molecular weight is 437 g/mol. The number of amides is 1. The molecule has 0 radical (unpaired) electrons. The number of sulfonamides is 1. The normalized spacial score (nSPS) is 11.5. The van der Waals surface area contributed by atoms with Crippen molar-refractivity contribution in [2.75, 3.05) is 16.3 Å². The second-order valence-electron chi connectivity index (χ2n) is 6.52. The summed E-state index contributed by atoms with van der Waals surface area (Å²) in [7, 11) is -3.46. The monoisotopic (exact) mass is 436 g/mol. The molecule has 3 aromatic rings. The van der Waals surface area contributed by atoms with Gasteiger partial charge in [0.05, 0.1) is 18.4 Å². The fourth-order valence-corrected chi connectivity index (χ4v) is 4.22. The van der Waals surface area contributed by atoms with Crippen molar-refractivity contribution in [3.05, 3.63) is 34.4 Å². The van der Waals surface area contributed by atoms with E-state index in [1.807, 2.05) is 33.8 Å². The lowest BCUT2D eigenvalue weighted by Gasteiger charge is -2.06. The van der Waals surface area contributed by atoms with Gasteiger partial charge in [-0.2, -0.15) is 5.10 Å². The summed E-state index contributed by atoms with van der Waals surface area (Å²) in [5, 5.41) is 14.8. The van der Waals surface area contributed by atoms with Crippen molar-refractivity contribution in [1.29, 1.82) is 0 Å². The molecular weight excluding hydrogens is 416 g/mol. The van der Waals surface area contributed by atoms with E-state index < -0.39 is 10.0 Å². The van der Waals surface area contributed by atoms with Crippen LogP contribution in [0.5, 0.6) is 0 Å². The zero-order valence-electron chi connectivity index (χ0n) is 16.5. The van der Waals surface area contributed by atoms with Crippen LogP contribution in [0.1, 0.15) is 28.3 Å². The number of hydrogen-bond acceptors (Lipinski definition) is 9. The van der Waals surface area contributed by atoms with Gasteiger partial charge in [0.15, 0.2) is 0 Å². The van der Waals surface area contributed by atoms with Crippen molar-refractivity contribution in [3.63, 3.8) is 0 Å². The molecule has 0 saturated heterocycles. The van der Waals surface area contributed by atoms with E-state index in [2.05, 4.69) is 35.3 Å². The first kappa shape index (κ1) is 20.8. The molecule has 0 fully saturated rings. The molecule has 0 aliphatic carbocycles. The number of aromatic nitrogens is 6. The van der Waals surface area contributed by atoms with Crippen molar-refractivity contribution >= 4 is 37.5 Å². The van der Waals surface area contributed by atoms with E-state index in [0.29, 0.717) is 11.6 Å². The maximum atomic E-state index is 12.5. The molecule has 29 heavy (non-hydrogen) atoms. The van der Waals surface area contributed by atoms with Crippen LogP contribution in [0.2, 0.25) is 0 Å². The summed E-state index contributed by atoms with van der Waals surface area (Å²) in [5.74, 6) is 0.134. The van der Waals surface area contributed by atoms with Crippen LogP contribution in [0, 0.1) is 27.7 Å². The Kier molecular flexibility index (Phi) is 5.61. The molecule has 1 amide bonds. The van der Waals surface area contributed by atoms with E-state index >= 15 is 0 Å². The summed E-state index contributed by atoms with van der Waals surface area (Å²) in [6.07, 6.45) is 1.08. The van der Waals surface area contributed by atoms with Crippen LogP contribution in [0.4, 0.5) is 10.3 Å². The Morgan fingerprint density at radius 2 is 1.72 bits per heavy atom. The second-order valence-corrected chi connectivity index (χ2v) is 9.25. The van der Waals surface area contributed by atoms with E-state index in [1.54, 1.807) is 4.68 Å². The Morgan fingerprint density at radius 3 is 2.34 bits per heavy atom. The first-order valence-corrected chi connectivity index (χ1v) is 11.2. The SMILES string of the molecule is Cc1cc(C)nc(-n2nc(C)c(CC(=O)Nc3nnc(NS(C)(=O)=O)s3)c2C)n1. The number of carbonyl (C=O) groups excluding carboxylic acids is 1. The van der Waals surface area contributed by atoms with Gasteiger partial charge in [-0.15, -0.1) is 10.2 Å². The van der Waals surface area contributed by atoms with E-state index in [4.69, 9.17) is 0 Å². The highest BCUT2D eigenvalue weighted by molar-refractivity contribution is 7.92. The largest absolute Gasteiger partial charge is 0.300 e. The van der Waals surface area contributed by atoms with E-state index in [-0.39, 0.29) is 22.6 Å². The highest BCUT2D eigenvalue weighted by atomic mass is 32.2. The molecule has 2 N–H and O–H groups in total. The number of rotatable bonds is 6. The van der Waals surface area contributed by atoms with Gasteiger partial charge in [0.1, 0.15) is 0 Å². The summed E-state index contributed by atoms with van der Waals surface area (Å²) < 4.78 is 26.3. The molecule has 3 heterocycles. The first-order valence-electron chi connectivity index (χ1n) is 8.50. The molecule has 11 nitrogen and oxygen atoms in total. The van der Waals surface area contributed by atoms with Crippen LogP contribution in [0.15, 0.2) is 6.07 Å². The number of aryl methyl sites for hydroxylation is 3. The Balaban J connectivity index is 1.77. The molecule has 0 aromatic carbocycles. The third-order valence-electron chi connectivity index (χ3n) is 3.88. The first-order chi connectivity index (χ1) is 13.5. The Bertz CT molecular complexity index is 1160. The average Bonchev–Trinajstić information content (AvgIpc) is 3.11. The fourth-order valence-electron chi connectivity index (χ4n) is 2.73. The van der Waals surface area contributed by atoms with Crippen LogP contribution in [0.25, 0.3) is 5.95 Å². The summed E-state index contributed by atoms with van der Waals surface area (Å²) in [4.78, 5) is 21.3. The predicted molar refractivity (Wildman–Crippen MR) is 109 cm³/mol. The fraction of sp³-hybridized carbons (Fsp3) is 0.375. The van der Waals surface area contributed by atoms with Gasteiger partial charge in [-0.05, 0) is 33.8 Å². The summed E-state index contributed by atoms with van der Waals surface area (Å²) in [5.41, 5.74) is 3.86. The maximum absolute atomic E-state index is 12.5. The highest BCUT2D eigenvalue weighted by Crippen LogP contribution is 2.22. The van der Waals surface area contributed by atoms with Gasteiger partial charge in [-0.1, -0.05) is 11.3 Å². The number of nitrogens with one attached hydrogen (secondary N) is 2. The van der Waals surface area contributed by atoms with Gasteiger partial charge >= 0.3 is 0 Å². The van der Waals surface area contributed by atoms with Gasteiger partial charge < -0.3 is 5.32 Å². The zero-order chi connectivity index (χ0) is 21.3. The maximum Gasteiger partial charge on any atom is 0.251 e. The predicted octanol–water partition coefficient (Wildman–Crippen LogP) is 1.30. The number of hydrogen-bond donors (Lipinski definition) is 2. The molecule has 154 valence electrons. The Hall–Kier alpha value is -2.93. The quantitative estimate of drug-likeness (QED) is 0.588. The summed E-state index contributed by atoms with van der Waals surface area (Å²) in [6, 6.07) is 1.87. The van der Waals surface area contributed by atoms with Crippen molar-refractivity contribution in [1.82, 2.24) is 29.9 Å². The Labute approximate surface area is 171 Å². The van der Waals surface area contributed by atoms with Crippen LogP contribution >= 0.6 is 11.3 Å². The third kappa shape index (κ3) is 5.12.